The zero-order chi connectivity index (χ0) is 21.8. The van der Waals surface area contributed by atoms with E-state index in [0.717, 1.165) is 10.2 Å². The molecule has 0 bridgehead atoms. The molecular formula is C22H18ClN5O3. The van der Waals surface area contributed by atoms with Crippen molar-refractivity contribution in [1.82, 2.24) is 19.5 Å². The summed E-state index contributed by atoms with van der Waals surface area (Å²) in [5.74, 6) is -0.723. The number of amides is 2. The van der Waals surface area contributed by atoms with Crippen LogP contribution >= 0.6 is 11.6 Å². The molecule has 4 aromatic rings. The number of hydrogen-bond donors (Lipinski definition) is 2. The van der Waals surface area contributed by atoms with Gasteiger partial charge in [-0.15, -0.1) is 5.10 Å². The van der Waals surface area contributed by atoms with Crippen molar-refractivity contribution in [3.63, 3.8) is 0 Å². The van der Waals surface area contributed by atoms with Gasteiger partial charge in [-0.3, -0.25) is 9.59 Å². The fourth-order valence-electron chi connectivity index (χ4n) is 3.01. The Bertz CT molecular complexity index is 1300. The van der Waals surface area contributed by atoms with Crippen LogP contribution in [-0.2, 0) is 17.9 Å². The summed E-state index contributed by atoms with van der Waals surface area (Å²) in [4.78, 5) is 37.4. The second-order valence-corrected chi connectivity index (χ2v) is 7.25. The van der Waals surface area contributed by atoms with Crippen LogP contribution < -0.4 is 16.3 Å². The SMILES string of the molecule is O=C(Cn1nc2ccc(C(=O)NCc3ccccc3)cn2c1=O)Nc1ccc(Cl)cc1. The molecule has 2 N–H and O–H groups in total. The monoisotopic (exact) mass is 435 g/mol. The lowest BCUT2D eigenvalue weighted by molar-refractivity contribution is -0.117. The number of hydrogen-bond acceptors (Lipinski definition) is 4. The summed E-state index contributed by atoms with van der Waals surface area (Å²) in [6.45, 7) is 0.107. The highest BCUT2D eigenvalue weighted by Crippen LogP contribution is 2.13. The van der Waals surface area contributed by atoms with E-state index >= 15 is 0 Å². The molecule has 0 aliphatic heterocycles. The number of halogens is 1. The topological polar surface area (TPSA) is 97.5 Å². The third-order valence-corrected chi connectivity index (χ3v) is 4.81. The molecule has 0 saturated carbocycles. The summed E-state index contributed by atoms with van der Waals surface area (Å²) in [5, 5.41) is 10.2. The number of nitrogens with one attached hydrogen (secondary N) is 2. The molecule has 2 aromatic carbocycles. The van der Waals surface area contributed by atoms with E-state index in [-0.39, 0.29) is 12.5 Å². The van der Waals surface area contributed by atoms with Gasteiger partial charge in [-0.1, -0.05) is 41.9 Å². The zero-order valence-electron chi connectivity index (χ0n) is 16.3. The number of anilines is 1. The molecule has 2 amide bonds. The standard InChI is InChI=1S/C22H18ClN5O3/c23-17-7-9-18(10-8-17)25-20(29)14-28-22(31)27-13-16(6-11-19(27)26-28)21(30)24-12-15-4-2-1-3-5-15/h1-11,13H,12,14H2,(H,24,30)(H,25,29). The van der Waals surface area contributed by atoms with Crippen molar-refractivity contribution in [1.29, 1.82) is 0 Å². The number of aromatic nitrogens is 3. The maximum Gasteiger partial charge on any atom is 0.350 e. The third kappa shape index (κ3) is 4.81. The highest BCUT2D eigenvalue weighted by molar-refractivity contribution is 6.30. The fraction of sp³-hybridized carbons (Fsp3) is 0.0909. The van der Waals surface area contributed by atoms with Crippen molar-refractivity contribution >= 4 is 34.7 Å². The van der Waals surface area contributed by atoms with Crippen LogP contribution in [0.2, 0.25) is 5.02 Å². The number of fused-ring (bicyclic) bond motifs is 1. The van der Waals surface area contributed by atoms with Gasteiger partial charge in [0.2, 0.25) is 5.91 Å². The van der Waals surface area contributed by atoms with Crippen molar-refractivity contribution < 1.29 is 9.59 Å². The molecule has 2 heterocycles. The van der Waals surface area contributed by atoms with Gasteiger partial charge in [-0.05, 0) is 42.0 Å². The van der Waals surface area contributed by atoms with Crippen LogP contribution in [-0.4, -0.2) is 26.0 Å². The number of rotatable bonds is 6. The first kappa shape index (κ1) is 20.4. The molecule has 0 fully saturated rings. The van der Waals surface area contributed by atoms with Gasteiger partial charge in [0.05, 0.1) is 5.56 Å². The van der Waals surface area contributed by atoms with Gasteiger partial charge in [0.1, 0.15) is 6.54 Å². The first-order valence-electron chi connectivity index (χ1n) is 9.46. The van der Waals surface area contributed by atoms with Crippen LogP contribution in [0.15, 0.2) is 77.7 Å². The Kier molecular flexibility index (Phi) is 5.81. The Labute approximate surface area is 182 Å². The number of carbonyl (C=O) groups is 2. The maximum atomic E-state index is 12.6. The summed E-state index contributed by atoms with van der Waals surface area (Å²) in [7, 11) is 0. The molecule has 2 aromatic heterocycles. The molecule has 0 saturated heterocycles. The van der Waals surface area contributed by atoms with E-state index in [0.29, 0.717) is 28.5 Å². The van der Waals surface area contributed by atoms with Gasteiger partial charge in [0.25, 0.3) is 5.91 Å². The molecule has 9 heteroatoms. The Morgan fingerprint density at radius 3 is 2.45 bits per heavy atom. The van der Waals surface area contributed by atoms with Crippen LogP contribution in [0.25, 0.3) is 5.65 Å². The van der Waals surface area contributed by atoms with Crippen LogP contribution in [0.3, 0.4) is 0 Å². The Morgan fingerprint density at radius 2 is 1.71 bits per heavy atom. The van der Waals surface area contributed by atoms with E-state index in [1.165, 1.54) is 10.6 Å². The highest BCUT2D eigenvalue weighted by atomic mass is 35.5. The minimum Gasteiger partial charge on any atom is -0.348 e. The molecular weight excluding hydrogens is 418 g/mol. The Morgan fingerprint density at radius 1 is 0.968 bits per heavy atom. The van der Waals surface area contributed by atoms with Crippen LogP contribution in [0.5, 0.6) is 0 Å². The number of benzene rings is 2. The first-order chi connectivity index (χ1) is 15.0. The molecule has 4 rings (SSSR count). The molecule has 0 aliphatic carbocycles. The summed E-state index contributed by atoms with van der Waals surface area (Å²) in [6, 6.07) is 19.3. The van der Waals surface area contributed by atoms with E-state index in [2.05, 4.69) is 15.7 Å². The van der Waals surface area contributed by atoms with E-state index < -0.39 is 11.6 Å². The third-order valence-electron chi connectivity index (χ3n) is 4.56. The van der Waals surface area contributed by atoms with Gasteiger partial charge >= 0.3 is 5.69 Å². The summed E-state index contributed by atoms with van der Waals surface area (Å²) < 4.78 is 2.29. The second kappa shape index (κ2) is 8.85. The van der Waals surface area contributed by atoms with Gasteiger partial charge in [0, 0.05) is 23.5 Å². The first-order valence-corrected chi connectivity index (χ1v) is 9.84. The van der Waals surface area contributed by atoms with Crippen molar-refractivity contribution in [3.05, 3.63) is 99.6 Å². The predicted molar refractivity (Wildman–Crippen MR) is 117 cm³/mol. The Balaban J connectivity index is 1.47. The molecule has 0 spiro atoms. The predicted octanol–water partition coefficient (Wildman–Crippen LogP) is 2.72. The van der Waals surface area contributed by atoms with Crippen molar-refractivity contribution in [3.8, 4) is 0 Å². The van der Waals surface area contributed by atoms with E-state index in [1.807, 2.05) is 30.3 Å². The van der Waals surface area contributed by atoms with Gasteiger partial charge in [-0.2, -0.15) is 0 Å². The van der Waals surface area contributed by atoms with Crippen molar-refractivity contribution in [2.45, 2.75) is 13.1 Å². The maximum absolute atomic E-state index is 12.6. The van der Waals surface area contributed by atoms with Crippen LogP contribution in [0.4, 0.5) is 5.69 Å². The lowest BCUT2D eigenvalue weighted by Gasteiger charge is -2.05. The average molecular weight is 436 g/mol. The van der Waals surface area contributed by atoms with Gasteiger partial charge in [-0.25, -0.2) is 13.9 Å². The zero-order valence-corrected chi connectivity index (χ0v) is 17.0. The summed E-state index contributed by atoms with van der Waals surface area (Å²) in [6.07, 6.45) is 1.42. The molecule has 0 radical (unpaired) electrons. The van der Waals surface area contributed by atoms with Crippen LogP contribution in [0, 0.1) is 0 Å². The molecule has 0 atom stereocenters. The second-order valence-electron chi connectivity index (χ2n) is 6.81. The molecule has 156 valence electrons. The summed E-state index contributed by atoms with van der Waals surface area (Å²) >= 11 is 5.83. The van der Waals surface area contributed by atoms with Crippen LogP contribution in [0.1, 0.15) is 15.9 Å². The molecule has 0 unspecified atom stereocenters. The Hall–Kier alpha value is -3.91. The smallest absolute Gasteiger partial charge is 0.348 e. The number of pyridine rings is 1. The largest absolute Gasteiger partial charge is 0.350 e. The molecule has 8 nitrogen and oxygen atoms in total. The minimum atomic E-state index is -0.515. The van der Waals surface area contributed by atoms with E-state index in [4.69, 9.17) is 11.6 Å². The van der Waals surface area contributed by atoms with Crippen molar-refractivity contribution in [2.75, 3.05) is 5.32 Å². The quantitative estimate of drug-likeness (QED) is 0.486. The fourth-order valence-corrected chi connectivity index (χ4v) is 3.13. The minimum absolute atomic E-state index is 0.265. The molecule has 0 aliphatic rings. The van der Waals surface area contributed by atoms with Gasteiger partial charge < -0.3 is 10.6 Å². The highest BCUT2D eigenvalue weighted by Gasteiger charge is 2.13. The average Bonchev–Trinajstić information content (AvgIpc) is 3.09. The lowest BCUT2D eigenvalue weighted by Crippen LogP contribution is -2.28. The van der Waals surface area contributed by atoms with Gasteiger partial charge in [0.15, 0.2) is 5.65 Å². The summed E-state index contributed by atoms with van der Waals surface area (Å²) in [5.41, 5.74) is 1.66. The van der Waals surface area contributed by atoms with E-state index in [1.54, 1.807) is 36.4 Å². The normalized spacial score (nSPS) is 10.7. The van der Waals surface area contributed by atoms with E-state index in [9.17, 15) is 14.4 Å². The molecule has 31 heavy (non-hydrogen) atoms. The lowest BCUT2D eigenvalue weighted by atomic mass is 10.2. The number of nitrogens with zero attached hydrogens (tertiary/aromatic N) is 3. The number of carbonyl (C=O) groups excluding carboxylic acids is 2. The van der Waals surface area contributed by atoms with Crippen molar-refractivity contribution in [2.24, 2.45) is 0 Å².